The normalized spacial score (nSPS) is 20.2. The second-order valence-electron chi connectivity index (χ2n) is 1.07. The van der Waals surface area contributed by atoms with Crippen LogP contribution in [0.1, 0.15) is 0 Å². The van der Waals surface area contributed by atoms with E-state index in [0.717, 1.165) is 0 Å². The Balaban J connectivity index is 0. The van der Waals surface area contributed by atoms with Crippen molar-refractivity contribution >= 4 is 0 Å². The summed E-state index contributed by atoms with van der Waals surface area (Å²) in [6.07, 6.45) is 0. The molecule has 0 aromatic heterocycles. The molecule has 0 saturated carbocycles. The Hall–Kier alpha value is 1.18. The second-order valence-corrected chi connectivity index (χ2v) is 4.42. The van der Waals surface area contributed by atoms with Gasteiger partial charge in [0.2, 0.25) is 0 Å². The minimum Gasteiger partial charge on any atom is 2.00 e. The van der Waals surface area contributed by atoms with Gasteiger partial charge in [-0.05, 0) is 0 Å². The van der Waals surface area contributed by atoms with Crippen molar-refractivity contribution in [3.63, 3.8) is 0 Å². The zero-order valence-electron chi connectivity index (χ0n) is 3.27. The topological polar surface area (TPSA) is 0 Å². The van der Waals surface area contributed by atoms with E-state index in [4.69, 9.17) is 0 Å². The van der Waals surface area contributed by atoms with Gasteiger partial charge in [-0.1, -0.05) is 0 Å². The molecule has 0 rings (SSSR count). The third kappa shape index (κ3) is 198. The van der Waals surface area contributed by atoms with Crippen molar-refractivity contribution in [1.29, 1.82) is 0 Å². The molecular formula is F6TiZr. The maximum Gasteiger partial charge on any atom is 2.00 e. The summed E-state index contributed by atoms with van der Waals surface area (Å²) in [4.78, 5) is 0. The fourth-order valence-corrected chi connectivity index (χ4v) is 0. The fourth-order valence-electron chi connectivity index (χ4n) is 0. The summed E-state index contributed by atoms with van der Waals surface area (Å²) in [7, 11) is 0. The molecule has 0 bridgehead atoms. The summed E-state index contributed by atoms with van der Waals surface area (Å²) in [5.74, 6) is 0. The Labute approximate surface area is 61.8 Å². The van der Waals surface area contributed by atoms with Gasteiger partial charge in [0.25, 0.3) is 0 Å². The number of hydrogen-bond donors (Lipinski definition) is 0. The van der Waals surface area contributed by atoms with Crippen molar-refractivity contribution in [2.75, 3.05) is 0 Å². The molecule has 0 spiro atoms. The van der Waals surface area contributed by atoms with Gasteiger partial charge in [-0.2, -0.15) is 0 Å². The molecule has 0 atom stereocenters. The summed E-state index contributed by atoms with van der Waals surface area (Å²) >= 11 is -11.2. The molecule has 50 valence electrons. The first-order valence-electron chi connectivity index (χ1n) is 1.13. The van der Waals surface area contributed by atoms with Crippen molar-refractivity contribution in [3.05, 3.63) is 0 Å². The van der Waals surface area contributed by atoms with Crippen LogP contribution in [-0.2, 0) is 43.4 Å². The third-order valence-corrected chi connectivity index (χ3v) is 0. The number of rotatable bonds is 0. The van der Waals surface area contributed by atoms with Crippen LogP contribution in [0.4, 0.5) is 18.6 Å². The summed E-state index contributed by atoms with van der Waals surface area (Å²) in [6.45, 7) is 0. The first-order valence-corrected chi connectivity index (χ1v) is 4.68. The van der Waals surface area contributed by atoms with E-state index in [1.807, 2.05) is 0 Å². The largest absolute Gasteiger partial charge is 2.00 e. The third-order valence-electron chi connectivity index (χ3n) is 0. The Bertz CT molecular complexity index is 67.1. The summed E-state index contributed by atoms with van der Waals surface area (Å²) in [5.41, 5.74) is 0. The Morgan fingerprint density at radius 3 is 0.625 bits per heavy atom. The van der Waals surface area contributed by atoms with Crippen molar-refractivity contribution in [2.45, 2.75) is 0 Å². The van der Waals surface area contributed by atoms with E-state index >= 15 is 0 Å². The van der Waals surface area contributed by atoms with Gasteiger partial charge < -0.3 is 0 Å². The zero-order chi connectivity index (χ0) is 6.41. The molecule has 0 nitrogen and oxygen atoms in total. The molecule has 0 radical (unpaired) electrons. The predicted molar refractivity (Wildman–Crippen MR) is 6.65 cm³/mol. The minimum atomic E-state index is -11.2. The standard InChI is InChI=1S/6FH.Ti.Zr/h6*1H;;/q;;;;;;+4;+2/p-6. The molecule has 0 heterocycles. The average Bonchev–Trinajstić information content (AvgIpc) is 0.592. The van der Waals surface area contributed by atoms with Crippen molar-refractivity contribution < 1.29 is 62.0 Å². The van der Waals surface area contributed by atoms with E-state index in [-0.39, 0.29) is 26.2 Å². The maximum atomic E-state index is 9.92. The molecule has 0 fully saturated rings. The van der Waals surface area contributed by atoms with Gasteiger partial charge in [-0.3, -0.25) is 0 Å². The van der Waals surface area contributed by atoms with Crippen LogP contribution in [0.2, 0.25) is 0 Å². The quantitative estimate of drug-likeness (QED) is 0.459. The first kappa shape index (κ1) is 11.9. The molecule has 8 heavy (non-hydrogen) atoms. The molecule has 0 amide bonds. The monoisotopic (exact) mass is 252 g/mol. The maximum absolute atomic E-state index is 11.2. The SMILES string of the molecule is [F][Ti-2]([F])([F])([F])([F])[F].[Zr+2]. The van der Waals surface area contributed by atoms with E-state index in [9.17, 15) is 18.6 Å². The molecule has 0 aliphatic heterocycles. The van der Waals surface area contributed by atoms with E-state index in [1.165, 1.54) is 0 Å². The predicted octanol–water partition coefficient (Wildman–Crippen LogP) is 2.52. The van der Waals surface area contributed by atoms with Crippen molar-refractivity contribution in [1.82, 2.24) is 0 Å². The van der Waals surface area contributed by atoms with Crippen LogP contribution >= 0.6 is 0 Å². The van der Waals surface area contributed by atoms with Crippen LogP contribution < -0.4 is 0 Å². The van der Waals surface area contributed by atoms with Gasteiger partial charge in [0.05, 0.1) is 0 Å². The van der Waals surface area contributed by atoms with Crippen molar-refractivity contribution in [2.24, 2.45) is 0 Å². The van der Waals surface area contributed by atoms with Crippen LogP contribution in [0, 0.1) is 0 Å². The van der Waals surface area contributed by atoms with Crippen LogP contribution in [0.3, 0.4) is 0 Å². The molecule has 0 aromatic rings. The van der Waals surface area contributed by atoms with Crippen LogP contribution in [0.5, 0.6) is 0 Å². The van der Waals surface area contributed by atoms with E-state index in [2.05, 4.69) is 0 Å². The van der Waals surface area contributed by atoms with Crippen LogP contribution in [-0.4, -0.2) is 0 Å². The smallest absolute Gasteiger partial charge is 2.00 e. The van der Waals surface area contributed by atoms with Gasteiger partial charge in [-0.15, -0.1) is 0 Å². The fraction of sp³-hybridized carbons (Fsp3) is 0. The molecule has 0 saturated heterocycles. The average molecular weight is 253 g/mol. The molecule has 0 aliphatic carbocycles. The van der Waals surface area contributed by atoms with E-state index in [0.29, 0.717) is 0 Å². The Morgan fingerprint density at radius 1 is 0.625 bits per heavy atom. The van der Waals surface area contributed by atoms with Gasteiger partial charge in [0.1, 0.15) is 0 Å². The summed E-state index contributed by atoms with van der Waals surface area (Å²) in [6, 6.07) is 0. The first-order chi connectivity index (χ1) is 2.45. The zero-order valence-corrected chi connectivity index (χ0v) is 7.29. The van der Waals surface area contributed by atoms with E-state index < -0.39 is 17.2 Å². The van der Waals surface area contributed by atoms with Gasteiger partial charge in [0.15, 0.2) is 0 Å². The molecular weight excluding hydrogens is 253 g/mol. The van der Waals surface area contributed by atoms with Gasteiger partial charge >= 0.3 is 62.0 Å². The summed E-state index contributed by atoms with van der Waals surface area (Å²) in [5, 5.41) is 0. The van der Waals surface area contributed by atoms with E-state index in [1.54, 1.807) is 0 Å². The van der Waals surface area contributed by atoms with Gasteiger partial charge in [0, 0.05) is 0 Å². The summed E-state index contributed by atoms with van der Waals surface area (Å²) < 4.78 is 59.5. The molecule has 0 N–H and O–H groups in total. The Morgan fingerprint density at radius 2 is 0.625 bits per heavy atom. The molecule has 8 heteroatoms. The molecule has 0 unspecified atom stereocenters. The van der Waals surface area contributed by atoms with Crippen molar-refractivity contribution in [3.8, 4) is 0 Å². The number of hydrogen-bond acceptors (Lipinski definition) is 0. The second kappa shape index (κ2) is 1.61. The number of halogens is 6. The van der Waals surface area contributed by atoms with Gasteiger partial charge in [-0.25, -0.2) is 0 Å². The molecule has 0 aromatic carbocycles. The minimum absolute atomic E-state index is 0. The van der Waals surface area contributed by atoms with Crippen LogP contribution in [0.25, 0.3) is 0 Å². The van der Waals surface area contributed by atoms with Crippen LogP contribution in [0.15, 0.2) is 0 Å². The Kier molecular flexibility index (Phi) is 2.40. The molecule has 0 aliphatic rings.